The average Bonchev–Trinajstić information content (AvgIpc) is 3.47. The van der Waals surface area contributed by atoms with Gasteiger partial charge in [0.1, 0.15) is 13.2 Å². The fourth-order valence-electron chi connectivity index (χ4n) is 9.38. The first-order chi connectivity index (χ1) is 40.0. The third-order valence-corrected chi connectivity index (χ3v) is 14.5. The summed E-state index contributed by atoms with van der Waals surface area (Å²) in [6.07, 6.45) is 95.4. The molecule has 462 valence electrons. The Labute approximate surface area is 501 Å². The van der Waals surface area contributed by atoms with Crippen LogP contribution in [0.3, 0.4) is 0 Å². The van der Waals surface area contributed by atoms with E-state index in [9.17, 15) is 14.4 Å². The molecule has 0 saturated carbocycles. The van der Waals surface area contributed by atoms with Crippen molar-refractivity contribution in [1.82, 2.24) is 0 Å². The highest BCUT2D eigenvalue weighted by molar-refractivity contribution is 5.72. The average molecular weight is 1120 g/mol. The van der Waals surface area contributed by atoms with Crippen LogP contribution in [0, 0.1) is 0 Å². The minimum absolute atomic E-state index is 0.0918. The largest absolute Gasteiger partial charge is 0.462 e. The van der Waals surface area contributed by atoms with Crippen LogP contribution < -0.4 is 0 Å². The van der Waals surface area contributed by atoms with Crippen LogP contribution in [0.15, 0.2) is 122 Å². The molecule has 0 bridgehead atoms. The van der Waals surface area contributed by atoms with Crippen LogP contribution in [0.4, 0.5) is 0 Å². The molecule has 0 aromatic carbocycles. The van der Waals surface area contributed by atoms with Crippen molar-refractivity contribution < 1.29 is 28.6 Å². The Morgan fingerprint density at radius 1 is 0.272 bits per heavy atom. The molecule has 0 aromatic rings. The zero-order valence-electron chi connectivity index (χ0n) is 53.0. The van der Waals surface area contributed by atoms with Crippen molar-refractivity contribution >= 4 is 17.9 Å². The van der Waals surface area contributed by atoms with Crippen LogP contribution >= 0.6 is 0 Å². The molecule has 0 radical (unpaired) electrons. The van der Waals surface area contributed by atoms with Gasteiger partial charge in [0, 0.05) is 12.8 Å². The molecular formula is C75H126O6. The summed E-state index contributed by atoms with van der Waals surface area (Å²) in [5, 5.41) is 0. The molecule has 6 nitrogen and oxygen atoms in total. The van der Waals surface area contributed by atoms with Gasteiger partial charge in [-0.1, -0.05) is 303 Å². The highest BCUT2D eigenvalue weighted by Gasteiger charge is 2.19. The summed E-state index contributed by atoms with van der Waals surface area (Å²) < 4.78 is 16.8. The van der Waals surface area contributed by atoms with Crippen LogP contribution in [-0.4, -0.2) is 37.2 Å². The number of carbonyl (C=O) groups excluding carboxylic acids is 3. The molecule has 0 spiro atoms. The second-order valence-corrected chi connectivity index (χ2v) is 22.4. The van der Waals surface area contributed by atoms with E-state index in [-0.39, 0.29) is 31.6 Å². The molecule has 81 heavy (non-hydrogen) atoms. The van der Waals surface area contributed by atoms with Gasteiger partial charge < -0.3 is 14.2 Å². The van der Waals surface area contributed by atoms with Gasteiger partial charge in [-0.3, -0.25) is 14.4 Å². The Bertz CT molecular complexity index is 1670. The predicted octanol–water partition coefficient (Wildman–Crippen LogP) is 23.6. The number of allylic oxidation sites excluding steroid dienone is 19. The first-order valence-electron chi connectivity index (χ1n) is 34.0. The number of unbranched alkanes of at least 4 members (excludes halogenated alkanes) is 31. The third-order valence-electron chi connectivity index (χ3n) is 14.5. The number of esters is 3. The van der Waals surface area contributed by atoms with Crippen LogP contribution in [0.5, 0.6) is 0 Å². The summed E-state index contributed by atoms with van der Waals surface area (Å²) in [6.45, 7) is 6.41. The van der Waals surface area contributed by atoms with Crippen molar-refractivity contribution in [1.29, 1.82) is 0 Å². The smallest absolute Gasteiger partial charge is 0.310 e. The van der Waals surface area contributed by atoms with Gasteiger partial charge in [0.15, 0.2) is 6.10 Å². The molecule has 6 heteroatoms. The molecule has 0 aromatic heterocycles. The fourth-order valence-corrected chi connectivity index (χ4v) is 9.38. The van der Waals surface area contributed by atoms with Gasteiger partial charge >= 0.3 is 17.9 Å². The van der Waals surface area contributed by atoms with Crippen LogP contribution in [0.2, 0.25) is 0 Å². The van der Waals surface area contributed by atoms with E-state index in [2.05, 4.69) is 130 Å². The lowest BCUT2D eigenvalue weighted by atomic mass is 10.0. The van der Waals surface area contributed by atoms with Gasteiger partial charge in [-0.05, 0) is 116 Å². The molecule has 0 aliphatic heterocycles. The third kappa shape index (κ3) is 66.5. The zero-order chi connectivity index (χ0) is 58.5. The monoisotopic (exact) mass is 1120 g/mol. The summed E-state index contributed by atoms with van der Waals surface area (Å²) in [7, 11) is 0. The van der Waals surface area contributed by atoms with E-state index in [1.54, 1.807) is 6.08 Å². The van der Waals surface area contributed by atoms with Crippen molar-refractivity contribution in [3.05, 3.63) is 122 Å². The number of rotatable bonds is 61. The van der Waals surface area contributed by atoms with Crippen molar-refractivity contribution in [2.75, 3.05) is 13.2 Å². The van der Waals surface area contributed by atoms with Crippen LogP contribution in [0.1, 0.15) is 316 Å². The summed E-state index contributed by atoms with van der Waals surface area (Å²) >= 11 is 0. The topological polar surface area (TPSA) is 78.9 Å². The SMILES string of the molecule is CC/C=C\C/C=C\C/C=C\C/C=C\C/C=C\CC(=O)OC(COC(=O)CCCCCCC/C=C\C/C=C\CCCCC)COC(=O)CCCCCCCCCCCCCCCCCCCC/C=C\C/C=C\C/C=C\CCCCCCC. The van der Waals surface area contributed by atoms with Gasteiger partial charge in [-0.25, -0.2) is 0 Å². The molecule has 0 rings (SSSR count). The molecule has 0 aliphatic carbocycles. The first kappa shape index (κ1) is 76.8. The number of carbonyl (C=O) groups is 3. The van der Waals surface area contributed by atoms with E-state index >= 15 is 0 Å². The molecule has 1 atom stereocenters. The lowest BCUT2D eigenvalue weighted by Gasteiger charge is -2.18. The maximum Gasteiger partial charge on any atom is 0.310 e. The lowest BCUT2D eigenvalue weighted by Crippen LogP contribution is -2.30. The standard InChI is InChI=1S/C75H126O6/c1-4-7-10-13-16-19-22-25-28-29-30-31-32-33-34-35-36-37-38-39-40-41-42-43-44-45-48-50-53-56-59-62-65-68-74(77)80-71-72(81-75(78)69-66-63-60-57-54-51-47-27-24-21-18-15-12-9-6-3)70-79-73(76)67-64-61-58-55-52-49-46-26-23-20-17-14-11-8-5-2/h9,12,17-18,20-22,25-27,29-30,32-33,46-47,54,57,63,66,72H,4-8,10-11,13-16,19,23-24,28,31,34-45,48-53,55-56,58-62,64-65,67-71H2,1-3H3/b12-9-,20-17-,21-18-,25-22-,30-29-,33-32-,46-26-,47-27-,57-54-,66-63-. The molecular weight excluding hydrogens is 997 g/mol. The predicted molar refractivity (Wildman–Crippen MR) is 353 cm³/mol. The minimum Gasteiger partial charge on any atom is -0.462 e. The van der Waals surface area contributed by atoms with Gasteiger partial charge in [0.2, 0.25) is 0 Å². The lowest BCUT2D eigenvalue weighted by molar-refractivity contribution is -0.166. The van der Waals surface area contributed by atoms with Gasteiger partial charge in [0.25, 0.3) is 0 Å². The number of hydrogen-bond donors (Lipinski definition) is 0. The van der Waals surface area contributed by atoms with E-state index in [0.29, 0.717) is 12.8 Å². The van der Waals surface area contributed by atoms with E-state index < -0.39 is 12.1 Å². The Morgan fingerprint density at radius 3 is 0.840 bits per heavy atom. The van der Waals surface area contributed by atoms with Crippen molar-refractivity contribution in [3.63, 3.8) is 0 Å². The quantitative estimate of drug-likeness (QED) is 0.0261. The number of hydrogen-bond acceptors (Lipinski definition) is 6. The molecule has 0 amide bonds. The second-order valence-electron chi connectivity index (χ2n) is 22.4. The Kier molecular flexibility index (Phi) is 64.8. The van der Waals surface area contributed by atoms with Gasteiger partial charge in [-0.15, -0.1) is 0 Å². The Morgan fingerprint density at radius 2 is 0.519 bits per heavy atom. The molecule has 1 unspecified atom stereocenters. The summed E-state index contributed by atoms with van der Waals surface area (Å²) in [4.78, 5) is 38.2. The minimum atomic E-state index is -0.841. The maximum atomic E-state index is 12.8. The van der Waals surface area contributed by atoms with Crippen molar-refractivity contribution in [3.8, 4) is 0 Å². The maximum absolute atomic E-state index is 12.8. The van der Waals surface area contributed by atoms with E-state index in [1.807, 2.05) is 6.08 Å². The van der Waals surface area contributed by atoms with E-state index in [0.717, 1.165) is 109 Å². The van der Waals surface area contributed by atoms with Crippen molar-refractivity contribution in [2.45, 2.75) is 322 Å². The molecule has 0 aliphatic rings. The summed E-state index contributed by atoms with van der Waals surface area (Å²) in [5.41, 5.74) is 0. The normalized spacial score (nSPS) is 12.9. The fraction of sp³-hybridized carbons (Fsp3) is 0.693. The second kappa shape index (κ2) is 68.3. The van der Waals surface area contributed by atoms with E-state index in [4.69, 9.17) is 14.2 Å². The highest BCUT2D eigenvalue weighted by atomic mass is 16.6. The number of ether oxygens (including phenoxy) is 3. The van der Waals surface area contributed by atoms with Gasteiger partial charge in [-0.2, -0.15) is 0 Å². The Hall–Kier alpha value is -4.19. The first-order valence-corrected chi connectivity index (χ1v) is 34.0. The molecule has 0 heterocycles. The summed E-state index contributed by atoms with van der Waals surface area (Å²) in [6, 6.07) is 0. The zero-order valence-corrected chi connectivity index (χ0v) is 53.0. The summed E-state index contributed by atoms with van der Waals surface area (Å²) in [5.74, 6) is -1.06. The van der Waals surface area contributed by atoms with Crippen LogP contribution in [-0.2, 0) is 28.6 Å². The van der Waals surface area contributed by atoms with E-state index in [1.165, 1.54) is 167 Å². The highest BCUT2D eigenvalue weighted by Crippen LogP contribution is 2.16. The molecule has 0 N–H and O–H groups in total. The van der Waals surface area contributed by atoms with Crippen LogP contribution in [0.25, 0.3) is 0 Å². The Balaban J connectivity index is 4.24. The van der Waals surface area contributed by atoms with Gasteiger partial charge in [0.05, 0.1) is 6.42 Å². The van der Waals surface area contributed by atoms with Crippen molar-refractivity contribution in [2.24, 2.45) is 0 Å². The molecule has 0 fully saturated rings. The molecule has 0 saturated heterocycles.